The number of hydrogen-bond acceptors (Lipinski definition) is 7. The molecule has 12 heteroatoms. The fourth-order valence-electron chi connectivity index (χ4n) is 6.33. The molecule has 12 nitrogen and oxygen atoms in total. The third-order valence-electron chi connectivity index (χ3n) is 8.60. The predicted molar refractivity (Wildman–Crippen MR) is 177 cm³/mol. The Morgan fingerprint density at radius 3 is 2.06 bits per heavy atom. The number of rotatable bonds is 7. The van der Waals surface area contributed by atoms with Crippen LogP contribution in [-0.4, -0.2) is 95.7 Å². The summed E-state index contributed by atoms with van der Waals surface area (Å²) in [6.45, 7) is 11.6. The molecule has 0 saturated carbocycles. The van der Waals surface area contributed by atoms with E-state index in [1.54, 1.807) is 0 Å². The molecule has 47 heavy (non-hydrogen) atoms. The molecule has 0 radical (unpaired) electrons. The summed E-state index contributed by atoms with van der Waals surface area (Å²) >= 11 is 0. The molecule has 2 aliphatic rings. The lowest BCUT2D eigenvalue weighted by Gasteiger charge is -2.35. The van der Waals surface area contributed by atoms with Crippen molar-refractivity contribution in [3.05, 3.63) is 35.9 Å². The second kappa shape index (κ2) is 17.3. The first kappa shape index (κ1) is 37.5. The van der Waals surface area contributed by atoms with Crippen molar-refractivity contribution in [2.75, 3.05) is 20.1 Å². The minimum Gasteiger partial charge on any atom is -0.452 e. The standard InChI is InChI=1S/C35H53N5O7/c1-21(2)18-25-31(42)36-16-15-29(41)47-28(19-22(3)4)35(46)40-17-11-14-27(40)32(43)38-26(20-24-12-9-8-10-13-24)34(45)39(7)30(23(5)6)33(44)37-25/h8-10,12-13,21-23,25-28,30H,11,14-20H2,1-7H3,(H,36,42)(H,37,44)(H,38,43)/t25?,26-,27-,28?,30?/m0/s1. The van der Waals surface area contributed by atoms with E-state index in [1.165, 1.54) is 16.8 Å². The number of hydrogen-bond donors (Lipinski definition) is 3. The largest absolute Gasteiger partial charge is 0.452 e. The quantitative estimate of drug-likeness (QED) is 0.381. The minimum absolute atomic E-state index is 0.0191. The second-order valence-electron chi connectivity index (χ2n) is 13.9. The van der Waals surface area contributed by atoms with Gasteiger partial charge in [-0.1, -0.05) is 71.9 Å². The minimum atomic E-state index is -1.10. The molecule has 260 valence electrons. The van der Waals surface area contributed by atoms with Gasteiger partial charge in [-0.25, -0.2) is 0 Å². The molecular formula is C35H53N5O7. The lowest BCUT2D eigenvalue weighted by Crippen LogP contribution is -2.60. The summed E-state index contributed by atoms with van der Waals surface area (Å²) in [7, 11) is 1.53. The normalized spacial score (nSPS) is 26.0. The van der Waals surface area contributed by atoms with Crippen LogP contribution in [0, 0.1) is 17.8 Å². The highest BCUT2D eigenvalue weighted by Crippen LogP contribution is 2.23. The Morgan fingerprint density at radius 1 is 0.809 bits per heavy atom. The average molecular weight is 656 g/mol. The van der Waals surface area contributed by atoms with Crippen LogP contribution in [0.25, 0.3) is 0 Å². The van der Waals surface area contributed by atoms with Crippen LogP contribution < -0.4 is 16.0 Å². The van der Waals surface area contributed by atoms with Gasteiger partial charge in [0.2, 0.25) is 23.6 Å². The SMILES string of the molecule is CC(C)CC1NC(=O)C(C(C)C)N(C)C(=O)[C@H](Cc2ccccc2)NC(=O)[C@@H]2CCCN2C(=O)C(CC(C)C)OC(=O)CCNC1=O. The van der Waals surface area contributed by atoms with Gasteiger partial charge in [0.15, 0.2) is 6.10 Å². The zero-order valence-corrected chi connectivity index (χ0v) is 28.9. The van der Waals surface area contributed by atoms with Gasteiger partial charge in [0.1, 0.15) is 24.2 Å². The molecule has 0 bridgehead atoms. The maximum absolute atomic E-state index is 14.2. The van der Waals surface area contributed by atoms with E-state index in [0.29, 0.717) is 25.8 Å². The summed E-state index contributed by atoms with van der Waals surface area (Å²) in [5.41, 5.74) is 0.806. The topological polar surface area (TPSA) is 154 Å². The molecule has 5 atom stereocenters. The highest BCUT2D eigenvalue weighted by Gasteiger charge is 2.41. The van der Waals surface area contributed by atoms with E-state index in [9.17, 15) is 28.8 Å². The fourth-order valence-corrected chi connectivity index (χ4v) is 6.33. The Morgan fingerprint density at radius 2 is 1.45 bits per heavy atom. The van der Waals surface area contributed by atoms with E-state index in [2.05, 4.69) is 16.0 Å². The van der Waals surface area contributed by atoms with Crippen LogP contribution >= 0.6 is 0 Å². The Kier molecular flexibility index (Phi) is 13.8. The van der Waals surface area contributed by atoms with E-state index in [0.717, 1.165) is 5.56 Å². The Labute approximate surface area is 278 Å². The lowest BCUT2D eigenvalue weighted by molar-refractivity contribution is -0.162. The number of nitrogens with zero attached hydrogens (tertiary/aromatic N) is 2. The molecule has 3 unspecified atom stereocenters. The van der Waals surface area contributed by atoms with Crippen LogP contribution in [0.2, 0.25) is 0 Å². The van der Waals surface area contributed by atoms with E-state index >= 15 is 0 Å². The Hall–Kier alpha value is -3.96. The molecule has 0 spiro atoms. The number of carbonyl (C=O) groups excluding carboxylic acids is 6. The van der Waals surface area contributed by atoms with Crippen molar-refractivity contribution < 1.29 is 33.5 Å². The van der Waals surface area contributed by atoms with Crippen LogP contribution in [0.15, 0.2) is 30.3 Å². The number of amides is 5. The van der Waals surface area contributed by atoms with E-state index in [1.807, 2.05) is 71.9 Å². The molecule has 3 N–H and O–H groups in total. The highest BCUT2D eigenvalue weighted by atomic mass is 16.5. The average Bonchev–Trinajstić information content (AvgIpc) is 3.49. The summed E-state index contributed by atoms with van der Waals surface area (Å²) in [6.07, 6.45) is 0.452. The van der Waals surface area contributed by atoms with Gasteiger partial charge in [0.05, 0.1) is 6.42 Å². The molecule has 2 saturated heterocycles. The summed E-state index contributed by atoms with van der Waals surface area (Å²) in [4.78, 5) is 84.6. The summed E-state index contributed by atoms with van der Waals surface area (Å²) in [5.74, 6) is -3.28. The van der Waals surface area contributed by atoms with E-state index < -0.39 is 65.8 Å². The number of ether oxygens (including phenoxy) is 1. The van der Waals surface area contributed by atoms with Gasteiger partial charge in [-0.05, 0) is 49.0 Å². The van der Waals surface area contributed by atoms with Gasteiger partial charge in [0.25, 0.3) is 5.91 Å². The smallest absolute Gasteiger partial charge is 0.308 e. The number of carbonyl (C=O) groups is 6. The molecule has 2 fully saturated rings. The first-order valence-electron chi connectivity index (χ1n) is 16.9. The molecule has 3 rings (SSSR count). The van der Waals surface area contributed by atoms with E-state index in [-0.39, 0.29) is 43.6 Å². The first-order valence-corrected chi connectivity index (χ1v) is 16.9. The monoisotopic (exact) mass is 655 g/mol. The van der Waals surface area contributed by atoms with Gasteiger partial charge < -0.3 is 30.5 Å². The van der Waals surface area contributed by atoms with Crippen LogP contribution in [0.1, 0.15) is 79.2 Å². The van der Waals surface area contributed by atoms with Gasteiger partial charge in [0, 0.05) is 26.6 Å². The van der Waals surface area contributed by atoms with Crippen molar-refractivity contribution in [3.8, 4) is 0 Å². The molecule has 0 aliphatic carbocycles. The van der Waals surface area contributed by atoms with Gasteiger partial charge in [-0.2, -0.15) is 0 Å². The van der Waals surface area contributed by atoms with Crippen LogP contribution in [0.3, 0.4) is 0 Å². The van der Waals surface area contributed by atoms with Crippen LogP contribution in [0.4, 0.5) is 0 Å². The van der Waals surface area contributed by atoms with E-state index in [4.69, 9.17) is 4.74 Å². The van der Waals surface area contributed by atoms with Crippen molar-refractivity contribution in [2.24, 2.45) is 17.8 Å². The predicted octanol–water partition coefficient (Wildman–Crippen LogP) is 2.20. The molecule has 2 aliphatic heterocycles. The maximum Gasteiger partial charge on any atom is 0.308 e. The molecule has 5 amide bonds. The third-order valence-corrected chi connectivity index (χ3v) is 8.60. The first-order chi connectivity index (χ1) is 22.2. The highest BCUT2D eigenvalue weighted by molar-refractivity contribution is 5.96. The van der Waals surface area contributed by atoms with Gasteiger partial charge in [-0.3, -0.25) is 28.8 Å². The van der Waals surface area contributed by atoms with Crippen LogP contribution in [0.5, 0.6) is 0 Å². The number of cyclic esters (lactones) is 1. The molecule has 1 aromatic rings. The summed E-state index contributed by atoms with van der Waals surface area (Å²) in [5, 5.41) is 8.48. The lowest BCUT2D eigenvalue weighted by atomic mass is 9.97. The summed E-state index contributed by atoms with van der Waals surface area (Å²) < 4.78 is 5.65. The van der Waals surface area contributed by atoms with Crippen molar-refractivity contribution in [1.29, 1.82) is 0 Å². The number of likely N-dealkylation sites (N-methyl/N-ethyl adjacent to an activating group) is 1. The number of fused-ring (bicyclic) bond motifs is 1. The number of benzene rings is 1. The molecule has 1 aromatic carbocycles. The summed E-state index contributed by atoms with van der Waals surface area (Å²) in [6, 6.07) is 5.49. The zero-order valence-electron chi connectivity index (χ0n) is 28.9. The molecular weight excluding hydrogens is 602 g/mol. The maximum atomic E-state index is 14.2. The molecule has 0 aromatic heterocycles. The molecule has 2 heterocycles. The zero-order chi connectivity index (χ0) is 34.8. The van der Waals surface area contributed by atoms with Crippen molar-refractivity contribution in [2.45, 2.75) is 110 Å². The Bertz CT molecular complexity index is 1270. The van der Waals surface area contributed by atoms with Crippen LogP contribution in [-0.2, 0) is 39.9 Å². The van der Waals surface area contributed by atoms with Crippen molar-refractivity contribution in [1.82, 2.24) is 25.8 Å². The fraction of sp³-hybridized carbons (Fsp3) is 0.657. The number of esters is 1. The van der Waals surface area contributed by atoms with Crippen molar-refractivity contribution >= 4 is 35.5 Å². The number of nitrogens with one attached hydrogen (secondary N) is 3. The van der Waals surface area contributed by atoms with Gasteiger partial charge >= 0.3 is 5.97 Å². The second-order valence-corrected chi connectivity index (χ2v) is 13.9. The third kappa shape index (κ3) is 10.5. The van der Waals surface area contributed by atoms with Crippen molar-refractivity contribution in [3.63, 3.8) is 0 Å². The van der Waals surface area contributed by atoms with Gasteiger partial charge in [-0.15, -0.1) is 0 Å². The Balaban J connectivity index is 2.04.